The normalized spacial score (nSPS) is 13.6. The lowest BCUT2D eigenvalue weighted by Crippen LogP contribution is -2.40. The van der Waals surface area contributed by atoms with Crippen molar-refractivity contribution in [1.82, 2.24) is 0 Å². The summed E-state index contributed by atoms with van der Waals surface area (Å²) in [5.41, 5.74) is 12.3. The second-order valence-electron chi connectivity index (χ2n) is 17.4. The van der Waals surface area contributed by atoms with Gasteiger partial charge in [0.25, 0.3) is 11.8 Å². The van der Waals surface area contributed by atoms with E-state index < -0.39 is 0 Å². The molecule has 0 N–H and O–H groups in total. The van der Waals surface area contributed by atoms with Crippen LogP contribution in [-0.2, 0) is 0 Å². The molecule has 13 aromatic rings. The summed E-state index contributed by atoms with van der Waals surface area (Å²) in [5.74, 6) is -0.574. The number of imide groups is 1. The minimum atomic E-state index is -0.287. The molecule has 0 fully saturated rings. The highest BCUT2D eigenvalue weighted by Crippen LogP contribution is 2.61. The Morgan fingerprint density at radius 3 is 1.08 bits per heavy atom. The van der Waals surface area contributed by atoms with Crippen molar-refractivity contribution < 1.29 is 9.59 Å². The number of rotatable bonds is 3. The monoisotopic (exact) mass is 837 g/mol. The van der Waals surface area contributed by atoms with Gasteiger partial charge in [-0.1, -0.05) is 103 Å². The minimum Gasteiger partial charge on any atom is -0.268 e. The molecule has 1 aliphatic heterocycles. The van der Waals surface area contributed by atoms with E-state index in [0.29, 0.717) is 16.8 Å². The maximum atomic E-state index is 14.2. The minimum absolute atomic E-state index is 0.287. The van der Waals surface area contributed by atoms with Crippen LogP contribution in [0.5, 0.6) is 0 Å². The van der Waals surface area contributed by atoms with E-state index in [1.165, 1.54) is 113 Å². The third-order valence-electron chi connectivity index (χ3n) is 14.5. The van der Waals surface area contributed by atoms with Crippen LogP contribution in [0.15, 0.2) is 150 Å². The van der Waals surface area contributed by atoms with Gasteiger partial charge in [-0.25, -0.2) is 4.90 Å². The molecule has 1 aliphatic carbocycles. The molecule has 5 heteroatoms. The van der Waals surface area contributed by atoms with Gasteiger partial charge in [-0.2, -0.15) is 0 Å². The van der Waals surface area contributed by atoms with Gasteiger partial charge in [0, 0.05) is 48.5 Å². The molecule has 2 aromatic heterocycles. The van der Waals surface area contributed by atoms with E-state index in [0.717, 1.165) is 32.3 Å². The summed E-state index contributed by atoms with van der Waals surface area (Å²) < 4.78 is 0. The number of fused-ring (bicyclic) bond motifs is 8. The summed E-state index contributed by atoms with van der Waals surface area (Å²) >= 11 is 3.69. The zero-order valence-electron chi connectivity index (χ0n) is 34.0. The van der Waals surface area contributed by atoms with Gasteiger partial charge in [0.2, 0.25) is 0 Å². The SMILES string of the molecule is Cc1ccsc1-c1c2c(c(-c3sccc3C)c3ccccc13)-c1ccc3c4ccc5c6ccc7c8c(ccc(c9ccc(c%10ccc-2c1c%103)c4c95)c86)C(=O)N(c1ccccc1)C7=O. The van der Waals surface area contributed by atoms with Crippen LogP contribution < -0.4 is 4.90 Å². The first kappa shape index (κ1) is 34.2. The van der Waals surface area contributed by atoms with Crippen molar-refractivity contribution in [3.05, 3.63) is 173 Å². The Balaban J connectivity index is 1.05. The second-order valence-corrected chi connectivity index (χ2v) is 19.2. The number of carbonyl (C=O) groups is 2. The molecule has 63 heavy (non-hydrogen) atoms. The van der Waals surface area contributed by atoms with Gasteiger partial charge in [0.05, 0.1) is 5.69 Å². The van der Waals surface area contributed by atoms with E-state index in [1.807, 2.05) is 65.1 Å². The van der Waals surface area contributed by atoms with Gasteiger partial charge in [-0.05, 0) is 164 Å². The first-order valence-electron chi connectivity index (χ1n) is 21.4. The van der Waals surface area contributed by atoms with E-state index in [2.05, 4.69) is 122 Å². The van der Waals surface area contributed by atoms with Gasteiger partial charge in [0.15, 0.2) is 0 Å². The van der Waals surface area contributed by atoms with Crippen molar-refractivity contribution in [3.63, 3.8) is 0 Å². The van der Waals surface area contributed by atoms with E-state index >= 15 is 0 Å². The fourth-order valence-corrected chi connectivity index (χ4v) is 13.9. The Morgan fingerprint density at radius 1 is 0.333 bits per heavy atom. The highest BCUT2D eigenvalue weighted by molar-refractivity contribution is 7.14. The predicted molar refractivity (Wildman–Crippen MR) is 267 cm³/mol. The van der Waals surface area contributed by atoms with Gasteiger partial charge < -0.3 is 0 Å². The van der Waals surface area contributed by atoms with Crippen LogP contribution in [0.1, 0.15) is 31.8 Å². The van der Waals surface area contributed by atoms with Crippen LogP contribution in [-0.4, -0.2) is 11.8 Å². The van der Waals surface area contributed by atoms with Gasteiger partial charge in [-0.3, -0.25) is 9.59 Å². The molecule has 11 aromatic carbocycles. The van der Waals surface area contributed by atoms with Crippen LogP contribution >= 0.6 is 22.7 Å². The number of aryl methyl sites for hydroxylation is 2. The number of benzene rings is 11. The van der Waals surface area contributed by atoms with Crippen molar-refractivity contribution >= 4 is 126 Å². The molecule has 0 saturated carbocycles. The van der Waals surface area contributed by atoms with Crippen LogP contribution in [0.3, 0.4) is 0 Å². The molecule has 3 heterocycles. The zero-order valence-corrected chi connectivity index (χ0v) is 35.6. The Hall–Kier alpha value is -7.44. The number of para-hydroxylation sites is 1. The molecule has 2 aliphatic rings. The number of nitrogens with zero attached hydrogens (tertiary/aromatic N) is 1. The molecule has 2 amide bonds. The van der Waals surface area contributed by atoms with Gasteiger partial charge >= 0.3 is 0 Å². The third kappa shape index (κ3) is 4.02. The zero-order chi connectivity index (χ0) is 41.6. The Labute approximate surface area is 368 Å². The topological polar surface area (TPSA) is 37.4 Å². The molecule has 292 valence electrons. The number of hydrogen-bond donors (Lipinski definition) is 0. The number of amides is 2. The molecule has 0 unspecified atom stereocenters. The number of hydrogen-bond acceptors (Lipinski definition) is 4. The molecule has 0 radical (unpaired) electrons. The van der Waals surface area contributed by atoms with Crippen LogP contribution in [0.25, 0.3) is 129 Å². The highest BCUT2D eigenvalue weighted by atomic mass is 32.1. The first-order chi connectivity index (χ1) is 31.0. The molecular weight excluding hydrogens is 807 g/mol. The molecule has 0 atom stereocenters. The summed E-state index contributed by atoms with van der Waals surface area (Å²) in [6, 6.07) is 49.7. The summed E-state index contributed by atoms with van der Waals surface area (Å²) in [5, 5.41) is 23.3. The Morgan fingerprint density at radius 2 is 0.683 bits per heavy atom. The first-order valence-corrected chi connectivity index (χ1v) is 23.2. The standard InChI is InChI=1S/C58H31NO2S2/c1-28-24-26-62-55(28)53-31-10-6-7-11-32(31)54(56-29(2)25-27-63-56)52-42-21-17-38-34-13-15-36-40-19-23-44-50-43(57(60)59(58(44)61)30-8-4-3-5-9-30)22-18-39(48(40)50)35-14-12-33(45(34)46(35)36)37-16-20-41(51(52)53)49(42)47(37)38/h3-27H,1-2H3. The average Bonchev–Trinajstić information content (AvgIpc) is 4.04. The molecule has 0 saturated heterocycles. The van der Waals surface area contributed by atoms with Crippen molar-refractivity contribution in [1.29, 1.82) is 0 Å². The molecule has 0 bridgehead atoms. The third-order valence-corrected chi connectivity index (χ3v) is 16.5. The quantitative estimate of drug-likeness (QED) is 0.101. The lowest BCUT2D eigenvalue weighted by Gasteiger charge is -2.28. The van der Waals surface area contributed by atoms with Crippen molar-refractivity contribution in [2.75, 3.05) is 4.90 Å². The fourth-order valence-electron chi connectivity index (χ4n) is 11.9. The molecule has 0 spiro atoms. The summed E-state index contributed by atoms with van der Waals surface area (Å²) in [4.78, 5) is 32.4. The fraction of sp³-hybridized carbons (Fsp3) is 0.0345. The average molecular weight is 838 g/mol. The van der Waals surface area contributed by atoms with E-state index in [9.17, 15) is 9.59 Å². The number of carbonyl (C=O) groups excluding carboxylic acids is 2. The number of thiophene rings is 2. The maximum absolute atomic E-state index is 14.2. The van der Waals surface area contributed by atoms with Gasteiger partial charge in [-0.15, -0.1) is 22.7 Å². The van der Waals surface area contributed by atoms with Crippen molar-refractivity contribution in [2.45, 2.75) is 13.8 Å². The van der Waals surface area contributed by atoms with E-state index in [4.69, 9.17) is 0 Å². The lowest BCUT2D eigenvalue weighted by atomic mass is 9.81. The summed E-state index contributed by atoms with van der Waals surface area (Å²) in [7, 11) is 0. The van der Waals surface area contributed by atoms with Crippen LogP contribution in [0.2, 0.25) is 0 Å². The Bertz CT molecular complexity index is 4030. The van der Waals surface area contributed by atoms with Gasteiger partial charge in [0.1, 0.15) is 0 Å². The largest absolute Gasteiger partial charge is 0.268 e. The summed E-state index contributed by atoms with van der Waals surface area (Å²) in [6.45, 7) is 4.50. The van der Waals surface area contributed by atoms with Crippen molar-refractivity contribution in [2.24, 2.45) is 0 Å². The second kappa shape index (κ2) is 11.7. The highest BCUT2D eigenvalue weighted by Gasteiger charge is 2.37. The summed E-state index contributed by atoms with van der Waals surface area (Å²) in [6.07, 6.45) is 0. The lowest BCUT2D eigenvalue weighted by molar-refractivity contribution is 0.0893. The molecule has 3 nitrogen and oxygen atoms in total. The smallest absolute Gasteiger partial charge is 0.265 e. The van der Waals surface area contributed by atoms with Crippen molar-refractivity contribution in [3.8, 4) is 43.1 Å². The van der Waals surface area contributed by atoms with E-state index in [1.54, 1.807) is 0 Å². The molecular formula is C58H31NO2S2. The molecule has 15 rings (SSSR count). The van der Waals surface area contributed by atoms with Crippen LogP contribution in [0.4, 0.5) is 5.69 Å². The number of anilines is 1. The Kier molecular flexibility index (Phi) is 6.36. The van der Waals surface area contributed by atoms with Crippen LogP contribution in [0, 0.1) is 13.8 Å². The maximum Gasteiger partial charge on any atom is 0.265 e. The predicted octanol–water partition coefficient (Wildman–Crippen LogP) is 16.3. The van der Waals surface area contributed by atoms with E-state index in [-0.39, 0.29) is 11.8 Å².